The van der Waals surface area contributed by atoms with Crippen molar-refractivity contribution in [2.24, 2.45) is 0 Å². The summed E-state index contributed by atoms with van der Waals surface area (Å²) >= 11 is 0. The van der Waals surface area contributed by atoms with Gasteiger partial charge in [0.2, 0.25) is 11.8 Å². The van der Waals surface area contributed by atoms with Crippen LogP contribution in [0.25, 0.3) is 0 Å². The van der Waals surface area contributed by atoms with Crippen LogP contribution in [0.3, 0.4) is 0 Å². The van der Waals surface area contributed by atoms with Crippen molar-refractivity contribution in [2.75, 3.05) is 0 Å². The van der Waals surface area contributed by atoms with Gasteiger partial charge in [-0.05, 0) is 20.8 Å². The molecule has 1 aliphatic heterocycles. The number of nitrogens with one attached hydrogen (secondary N) is 2. The van der Waals surface area contributed by atoms with Gasteiger partial charge in [0.1, 0.15) is 11.6 Å². The van der Waals surface area contributed by atoms with Gasteiger partial charge in [-0.2, -0.15) is 0 Å². The predicted molar refractivity (Wildman–Crippen MR) is 39.8 cm³/mol. The Morgan fingerprint density at radius 3 is 2.36 bits per heavy atom. The molecule has 0 aromatic rings. The Labute approximate surface area is 65.3 Å². The van der Waals surface area contributed by atoms with E-state index in [2.05, 4.69) is 10.6 Å². The van der Waals surface area contributed by atoms with Crippen LogP contribution >= 0.6 is 0 Å². The Morgan fingerprint density at radius 1 is 1.36 bits per heavy atom. The zero-order valence-corrected chi connectivity index (χ0v) is 6.89. The van der Waals surface area contributed by atoms with E-state index in [-0.39, 0.29) is 11.8 Å². The first-order valence-electron chi connectivity index (χ1n) is 3.56. The highest BCUT2D eigenvalue weighted by Crippen LogP contribution is 2.07. The summed E-state index contributed by atoms with van der Waals surface area (Å²) in [5.41, 5.74) is -0.760. The standard InChI is InChI=1S/C7H12N2O2/c1-4-5(10)9-7(2,3)6(11)8-4/h4H,1-3H3,(H,8,11)(H,9,10). The Bertz CT molecular complexity index is 210. The molecule has 62 valence electrons. The maximum atomic E-state index is 11.1. The van der Waals surface area contributed by atoms with E-state index in [0.717, 1.165) is 0 Å². The van der Waals surface area contributed by atoms with Gasteiger partial charge in [0.15, 0.2) is 0 Å². The van der Waals surface area contributed by atoms with Crippen molar-refractivity contribution in [1.29, 1.82) is 0 Å². The van der Waals surface area contributed by atoms with Crippen molar-refractivity contribution in [3.8, 4) is 0 Å². The first-order valence-corrected chi connectivity index (χ1v) is 3.56. The minimum Gasteiger partial charge on any atom is -0.343 e. The quantitative estimate of drug-likeness (QED) is 0.492. The molecule has 4 heteroatoms. The molecule has 0 spiro atoms. The number of hydrogen-bond donors (Lipinski definition) is 2. The number of piperazine rings is 1. The lowest BCUT2D eigenvalue weighted by Gasteiger charge is -2.33. The Kier molecular flexibility index (Phi) is 1.62. The minimum atomic E-state index is -0.760. The summed E-state index contributed by atoms with van der Waals surface area (Å²) in [5, 5.41) is 5.17. The molecule has 0 radical (unpaired) electrons. The first-order chi connectivity index (χ1) is 4.93. The fourth-order valence-corrected chi connectivity index (χ4v) is 0.916. The summed E-state index contributed by atoms with van der Waals surface area (Å²) < 4.78 is 0. The lowest BCUT2D eigenvalue weighted by molar-refractivity contribution is -0.139. The van der Waals surface area contributed by atoms with E-state index in [1.54, 1.807) is 20.8 Å². The van der Waals surface area contributed by atoms with Crippen molar-refractivity contribution >= 4 is 11.8 Å². The summed E-state index contributed by atoms with van der Waals surface area (Å²) in [7, 11) is 0. The fourth-order valence-electron chi connectivity index (χ4n) is 0.916. The van der Waals surface area contributed by atoms with E-state index in [1.165, 1.54) is 0 Å². The molecule has 1 rings (SSSR count). The van der Waals surface area contributed by atoms with E-state index in [4.69, 9.17) is 0 Å². The van der Waals surface area contributed by atoms with E-state index in [9.17, 15) is 9.59 Å². The molecule has 11 heavy (non-hydrogen) atoms. The molecule has 2 N–H and O–H groups in total. The van der Waals surface area contributed by atoms with Crippen LogP contribution in [-0.2, 0) is 9.59 Å². The average molecular weight is 156 g/mol. The van der Waals surface area contributed by atoms with E-state index in [0.29, 0.717) is 0 Å². The normalized spacial score (nSPS) is 29.2. The van der Waals surface area contributed by atoms with Crippen molar-refractivity contribution < 1.29 is 9.59 Å². The molecule has 4 nitrogen and oxygen atoms in total. The maximum Gasteiger partial charge on any atom is 0.245 e. The van der Waals surface area contributed by atoms with Crippen LogP contribution in [-0.4, -0.2) is 23.4 Å². The van der Waals surface area contributed by atoms with Gasteiger partial charge in [-0.15, -0.1) is 0 Å². The van der Waals surface area contributed by atoms with Crippen LogP contribution in [0.4, 0.5) is 0 Å². The third-order valence-electron chi connectivity index (χ3n) is 1.74. The van der Waals surface area contributed by atoms with Crippen molar-refractivity contribution in [2.45, 2.75) is 32.4 Å². The molecule has 0 bridgehead atoms. The summed E-state index contributed by atoms with van der Waals surface area (Å²) in [6.45, 7) is 5.00. The first kappa shape index (κ1) is 8.04. The van der Waals surface area contributed by atoms with Crippen molar-refractivity contribution in [3.05, 3.63) is 0 Å². The lowest BCUT2D eigenvalue weighted by atomic mass is 10.00. The molecule has 0 aromatic heterocycles. The Morgan fingerprint density at radius 2 is 1.91 bits per heavy atom. The van der Waals surface area contributed by atoms with E-state index < -0.39 is 11.6 Å². The van der Waals surface area contributed by atoms with Crippen molar-refractivity contribution in [1.82, 2.24) is 10.6 Å². The molecule has 1 heterocycles. The van der Waals surface area contributed by atoms with Crippen LogP contribution in [0.2, 0.25) is 0 Å². The Balaban J connectivity index is 2.79. The smallest absolute Gasteiger partial charge is 0.245 e. The average Bonchev–Trinajstić information content (AvgIpc) is 1.83. The molecular formula is C7H12N2O2. The summed E-state index contributed by atoms with van der Waals surface area (Å²) in [6, 6.07) is -0.407. The third kappa shape index (κ3) is 1.34. The summed E-state index contributed by atoms with van der Waals surface area (Å²) in [5.74, 6) is -0.265. The van der Waals surface area contributed by atoms with Gasteiger partial charge < -0.3 is 10.6 Å². The zero-order valence-electron chi connectivity index (χ0n) is 6.89. The molecule has 1 saturated heterocycles. The Hall–Kier alpha value is -1.06. The molecule has 2 amide bonds. The monoisotopic (exact) mass is 156 g/mol. The van der Waals surface area contributed by atoms with Crippen LogP contribution in [0, 0.1) is 0 Å². The van der Waals surface area contributed by atoms with E-state index in [1.807, 2.05) is 0 Å². The third-order valence-corrected chi connectivity index (χ3v) is 1.74. The highest BCUT2D eigenvalue weighted by molar-refractivity contribution is 5.98. The van der Waals surface area contributed by atoms with Crippen LogP contribution in [0.5, 0.6) is 0 Å². The second-order valence-corrected chi connectivity index (χ2v) is 3.31. The SMILES string of the molecule is CC1NC(=O)C(C)(C)NC1=O. The molecule has 0 saturated carbocycles. The fraction of sp³-hybridized carbons (Fsp3) is 0.714. The van der Waals surface area contributed by atoms with Gasteiger partial charge in [-0.3, -0.25) is 9.59 Å². The van der Waals surface area contributed by atoms with Crippen LogP contribution < -0.4 is 10.6 Å². The minimum absolute atomic E-state index is 0.130. The van der Waals surface area contributed by atoms with Gasteiger partial charge >= 0.3 is 0 Å². The topological polar surface area (TPSA) is 58.2 Å². The number of carbonyl (C=O) groups excluding carboxylic acids is 2. The second kappa shape index (κ2) is 2.22. The largest absolute Gasteiger partial charge is 0.343 e. The molecule has 0 aliphatic carbocycles. The van der Waals surface area contributed by atoms with Gasteiger partial charge in [0.05, 0.1) is 0 Å². The predicted octanol–water partition coefficient (Wildman–Crippen LogP) is -0.601. The van der Waals surface area contributed by atoms with Gasteiger partial charge in [0.25, 0.3) is 0 Å². The summed E-state index contributed by atoms with van der Waals surface area (Å²) in [6.07, 6.45) is 0. The highest BCUT2D eigenvalue weighted by Gasteiger charge is 2.36. The van der Waals surface area contributed by atoms with E-state index >= 15 is 0 Å². The van der Waals surface area contributed by atoms with Gasteiger partial charge in [-0.25, -0.2) is 0 Å². The summed E-state index contributed by atoms with van der Waals surface area (Å²) in [4.78, 5) is 22.2. The van der Waals surface area contributed by atoms with Crippen LogP contribution in [0.15, 0.2) is 0 Å². The molecule has 1 fully saturated rings. The molecule has 1 aliphatic rings. The molecule has 1 unspecified atom stereocenters. The van der Waals surface area contributed by atoms with Crippen molar-refractivity contribution in [3.63, 3.8) is 0 Å². The number of hydrogen-bond acceptors (Lipinski definition) is 2. The van der Waals surface area contributed by atoms with Gasteiger partial charge in [-0.1, -0.05) is 0 Å². The van der Waals surface area contributed by atoms with Crippen LogP contribution in [0.1, 0.15) is 20.8 Å². The number of amides is 2. The number of rotatable bonds is 0. The molecule has 0 aromatic carbocycles. The highest BCUT2D eigenvalue weighted by atomic mass is 16.2. The second-order valence-electron chi connectivity index (χ2n) is 3.31. The van der Waals surface area contributed by atoms with Gasteiger partial charge in [0, 0.05) is 0 Å². The molecule has 1 atom stereocenters. The number of carbonyl (C=O) groups is 2. The lowest BCUT2D eigenvalue weighted by Crippen LogP contribution is -2.65. The molecular weight excluding hydrogens is 144 g/mol. The zero-order chi connectivity index (χ0) is 8.65. The maximum absolute atomic E-state index is 11.1.